The maximum absolute atomic E-state index is 13.0. The van der Waals surface area contributed by atoms with Crippen molar-refractivity contribution < 1.29 is 27.9 Å². The van der Waals surface area contributed by atoms with Crippen molar-refractivity contribution in [2.45, 2.75) is 19.0 Å². The van der Waals surface area contributed by atoms with E-state index in [1.165, 1.54) is 0 Å². The van der Waals surface area contributed by atoms with Crippen LogP contribution in [0, 0.1) is 5.92 Å². The molecule has 174 valence electrons. The molecule has 1 saturated heterocycles. The normalized spacial score (nSPS) is 14.9. The topological polar surface area (TPSA) is 94.6 Å². The highest BCUT2D eigenvalue weighted by Gasteiger charge is 2.41. The molecular weight excluding hydrogens is 457 g/mol. The molecule has 33 heavy (non-hydrogen) atoms. The number of aromatic nitrogens is 1. The molecule has 0 atom stereocenters. The number of hydrogen-bond acceptors (Lipinski definition) is 6. The van der Waals surface area contributed by atoms with E-state index in [4.69, 9.17) is 5.11 Å². The third kappa shape index (κ3) is 5.36. The van der Waals surface area contributed by atoms with Crippen LogP contribution >= 0.6 is 11.3 Å². The molecule has 0 bridgehead atoms. The average Bonchev–Trinajstić information content (AvgIpc) is 3.21. The highest BCUT2D eigenvalue weighted by atomic mass is 32.1. The van der Waals surface area contributed by atoms with Crippen LogP contribution in [0.2, 0.25) is 0 Å². The van der Waals surface area contributed by atoms with Gasteiger partial charge in [-0.05, 0) is 35.7 Å². The van der Waals surface area contributed by atoms with Gasteiger partial charge in [0.05, 0.1) is 5.92 Å². The molecule has 1 aromatic heterocycles. The first-order valence-corrected chi connectivity index (χ1v) is 11.1. The lowest BCUT2D eigenvalue weighted by atomic mass is 9.97. The van der Waals surface area contributed by atoms with Crippen molar-refractivity contribution in [3.05, 3.63) is 47.3 Å². The Balaban J connectivity index is 1.54. The summed E-state index contributed by atoms with van der Waals surface area (Å²) < 4.78 is 38.9. The zero-order valence-corrected chi connectivity index (χ0v) is 18.2. The Bertz CT molecular complexity index is 1170. The number of thiazole rings is 1. The summed E-state index contributed by atoms with van der Waals surface area (Å²) in [6.07, 6.45) is -4.34. The van der Waals surface area contributed by atoms with Gasteiger partial charge in [0, 0.05) is 18.8 Å². The van der Waals surface area contributed by atoms with Crippen molar-refractivity contribution >= 4 is 50.6 Å². The molecule has 0 radical (unpaired) electrons. The fourth-order valence-corrected chi connectivity index (χ4v) is 4.72. The minimum Gasteiger partial charge on any atom is -0.480 e. The fraction of sp³-hybridized carbons (Fsp3) is 0.318. The monoisotopic (exact) mass is 478 g/mol. The molecule has 1 aliphatic heterocycles. The van der Waals surface area contributed by atoms with Crippen LogP contribution in [0.15, 0.2) is 42.5 Å². The Labute approximate surface area is 191 Å². The van der Waals surface area contributed by atoms with Gasteiger partial charge in [-0.25, -0.2) is 4.98 Å². The number of anilines is 3. The number of fused-ring (bicyclic) bond motifs is 1. The molecule has 1 fully saturated rings. The molecule has 11 heteroatoms. The minimum absolute atomic E-state index is 0.0560. The van der Waals surface area contributed by atoms with Gasteiger partial charge in [0.15, 0.2) is 10.9 Å². The first-order valence-electron chi connectivity index (χ1n) is 10.3. The number of rotatable bonds is 6. The number of carbonyl (C=O) groups excluding carboxylic acids is 1. The largest absolute Gasteiger partial charge is 0.480 e. The lowest BCUT2D eigenvalue weighted by molar-refractivity contribution is -0.179. The molecule has 1 aliphatic rings. The second kappa shape index (κ2) is 9.26. The molecule has 4 rings (SSSR count). The molecule has 1 amide bonds. The lowest BCUT2D eigenvalue weighted by Gasteiger charge is -2.32. The molecule has 0 saturated carbocycles. The maximum atomic E-state index is 13.0. The molecule has 0 unspecified atom stereocenters. The van der Waals surface area contributed by atoms with Gasteiger partial charge in [-0.2, -0.15) is 13.2 Å². The molecular formula is C22H21F3N4O3S. The van der Waals surface area contributed by atoms with E-state index in [0.29, 0.717) is 10.8 Å². The van der Waals surface area contributed by atoms with E-state index >= 15 is 0 Å². The molecule has 3 N–H and O–H groups in total. The zero-order valence-electron chi connectivity index (χ0n) is 17.4. The Kier molecular flexibility index (Phi) is 6.41. The van der Waals surface area contributed by atoms with Crippen LogP contribution in [0.25, 0.3) is 10.8 Å². The number of nitrogens with one attached hydrogen (secondary N) is 2. The Hall–Kier alpha value is -3.34. The van der Waals surface area contributed by atoms with Gasteiger partial charge in [0.25, 0.3) is 5.91 Å². The number of carboxylic acid groups (broad SMARTS) is 1. The summed E-state index contributed by atoms with van der Waals surface area (Å²) in [4.78, 5) is 30.2. The van der Waals surface area contributed by atoms with Crippen LogP contribution in [-0.4, -0.2) is 47.8 Å². The number of carbonyl (C=O) groups is 2. The van der Waals surface area contributed by atoms with Gasteiger partial charge >= 0.3 is 12.1 Å². The van der Waals surface area contributed by atoms with Crippen molar-refractivity contribution in [2.75, 3.05) is 35.2 Å². The SMILES string of the molecule is O=C(O)CNc1nc(N2CCC(C(F)(F)F)CC2)sc1C(=O)Nc1ccc2ccccc2c1. The summed E-state index contributed by atoms with van der Waals surface area (Å²) in [5.41, 5.74) is 0.559. The number of hydrogen-bond donors (Lipinski definition) is 3. The second-order valence-electron chi connectivity index (χ2n) is 7.74. The third-order valence-corrected chi connectivity index (χ3v) is 6.58. The first kappa shape index (κ1) is 22.8. The van der Waals surface area contributed by atoms with Crippen molar-refractivity contribution in [3.8, 4) is 0 Å². The highest BCUT2D eigenvalue weighted by molar-refractivity contribution is 7.18. The van der Waals surface area contributed by atoms with E-state index in [2.05, 4.69) is 15.6 Å². The maximum Gasteiger partial charge on any atom is 0.391 e. The number of alkyl halides is 3. The molecule has 3 aromatic rings. The van der Waals surface area contributed by atoms with Crippen LogP contribution in [0.3, 0.4) is 0 Å². The Morgan fingerprint density at radius 3 is 2.48 bits per heavy atom. The van der Waals surface area contributed by atoms with Crippen LogP contribution in [0.1, 0.15) is 22.5 Å². The number of piperidine rings is 1. The van der Waals surface area contributed by atoms with Gasteiger partial charge in [-0.1, -0.05) is 41.7 Å². The Morgan fingerprint density at radius 1 is 1.12 bits per heavy atom. The van der Waals surface area contributed by atoms with E-state index in [1.54, 1.807) is 11.0 Å². The summed E-state index contributed by atoms with van der Waals surface area (Å²) in [6, 6.07) is 13.1. The molecule has 2 heterocycles. The van der Waals surface area contributed by atoms with Gasteiger partial charge < -0.3 is 20.6 Å². The first-order chi connectivity index (χ1) is 15.7. The fourth-order valence-electron chi connectivity index (χ4n) is 3.73. The summed E-state index contributed by atoms with van der Waals surface area (Å²) in [5, 5.41) is 16.8. The number of benzene rings is 2. The molecule has 7 nitrogen and oxygen atoms in total. The van der Waals surface area contributed by atoms with Crippen molar-refractivity contribution in [1.82, 2.24) is 4.98 Å². The summed E-state index contributed by atoms with van der Waals surface area (Å²) in [5.74, 6) is -2.87. The second-order valence-corrected chi connectivity index (χ2v) is 8.72. The molecule has 2 aromatic carbocycles. The minimum atomic E-state index is -4.23. The van der Waals surface area contributed by atoms with Crippen LogP contribution in [0.4, 0.5) is 29.8 Å². The average molecular weight is 478 g/mol. The predicted molar refractivity (Wildman–Crippen MR) is 121 cm³/mol. The van der Waals surface area contributed by atoms with Crippen molar-refractivity contribution in [2.24, 2.45) is 5.92 Å². The smallest absolute Gasteiger partial charge is 0.391 e. The third-order valence-electron chi connectivity index (χ3n) is 5.46. The predicted octanol–water partition coefficient (Wildman–Crippen LogP) is 4.82. The standard InChI is InChI=1S/C22H21F3N4O3S/c23-22(24,25)15-7-9-29(10-8-15)21-28-19(26-12-17(30)31)18(33-21)20(32)27-16-6-5-13-3-1-2-4-14(13)11-16/h1-6,11,15,26H,7-10,12H2,(H,27,32)(H,30,31). The van der Waals surface area contributed by atoms with Crippen molar-refractivity contribution in [1.29, 1.82) is 0 Å². The van der Waals surface area contributed by atoms with E-state index in [9.17, 15) is 22.8 Å². The number of amides is 1. The van der Waals surface area contributed by atoms with Gasteiger partial charge in [0.1, 0.15) is 11.4 Å². The van der Waals surface area contributed by atoms with Crippen LogP contribution in [-0.2, 0) is 4.79 Å². The molecule has 0 aliphatic carbocycles. The lowest BCUT2D eigenvalue weighted by Crippen LogP contribution is -2.38. The summed E-state index contributed by atoms with van der Waals surface area (Å²) in [6.45, 7) is -0.140. The number of carboxylic acids is 1. The highest BCUT2D eigenvalue weighted by Crippen LogP contribution is 2.38. The van der Waals surface area contributed by atoms with Gasteiger partial charge in [-0.15, -0.1) is 0 Å². The quantitative estimate of drug-likeness (QED) is 0.470. The number of halogens is 3. The number of aliphatic carboxylic acids is 1. The molecule has 0 spiro atoms. The van der Waals surface area contributed by atoms with Crippen LogP contribution < -0.4 is 15.5 Å². The van der Waals surface area contributed by atoms with Gasteiger partial charge in [-0.3, -0.25) is 9.59 Å². The zero-order chi connectivity index (χ0) is 23.6. The summed E-state index contributed by atoms with van der Waals surface area (Å²) >= 11 is 1.02. The Morgan fingerprint density at radius 2 is 1.82 bits per heavy atom. The van der Waals surface area contributed by atoms with Gasteiger partial charge in [0.2, 0.25) is 0 Å². The van der Waals surface area contributed by atoms with E-state index in [1.807, 2.05) is 36.4 Å². The summed E-state index contributed by atoms with van der Waals surface area (Å²) in [7, 11) is 0. The van der Waals surface area contributed by atoms with E-state index in [-0.39, 0.29) is 36.6 Å². The van der Waals surface area contributed by atoms with Crippen molar-refractivity contribution in [3.63, 3.8) is 0 Å². The van der Waals surface area contributed by atoms with E-state index < -0.39 is 30.5 Å². The number of nitrogens with zero attached hydrogens (tertiary/aromatic N) is 2. The van der Waals surface area contributed by atoms with Crippen LogP contribution in [0.5, 0.6) is 0 Å². The van der Waals surface area contributed by atoms with E-state index in [0.717, 1.165) is 22.1 Å².